The molecule has 30 heavy (non-hydrogen) atoms. The summed E-state index contributed by atoms with van der Waals surface area (Å²) >= 11 is 6.07. The summed E-state index contributed by atoms with van der Waals surface area (Å²) in [6, 6.07) is 12.8. The van der Waals surface area contributed by atoms with Crippen molar-refractivity contribution in [2.75, 3.05) is 12.4 Å². The third-order valence-corrected chi connectivity index (χ3v) is 5.81. The van der Waals surface area contributed by atoms with E-state index in [9.17, 15) is 9.90 Å². The molecule has 6 nitrogen and oxygen atoms in total. The SMILES string of the molecule is COc1ccc(O)c(C(=O)NC2CCC(Nc3ccnc4cc(Cl)ccc34)CC2)c1. The molecule has 0 aliphatic heterocycles. The van der Waals surface area contributed by atoms with E-state index in [1.54, 1.807) is 18.3 Å². The molecule has 1 aromatic heterocycles. The Morgan fingerprint density at radius 1 is 1.10 bits per heavy atom. The zero-order valence-electron chi connectivity index (χ0n) is 16.7. The lowest BCUT2D eigenvalue weighted by Crippen LogP contribution is -2.40. The number of rotatable bonds is 5. The minimum absolute atomic E-state index is 0.0479. The van der Waals surface area contributed by atoms with Crippen molar-refractivity contribution in [3.05, 3.63) is 59.2 Å². The lowest BCUT2D eigenvalue weighted by atomic mass is 9.90. The summed E-state index contributed by atoms with van der Waals surface area (Å²) in [5.74, 6) is 0.213. The molecule has 0 saturated heterocycles. The molecule has 1 fully saturated rings. The second kappa shape index (κ2) is 8.79. The molecule has 1 amide bonds. The van der Waals surface area contributed by atoms with Crippen LogP contribution in [-0.4, -0.2) is 35.2 Å². The number of carbonyl (C=O) groups is 1. The highest BCUT2D eigenvalue weighted by Gasteiger charge is 2.24. The number of methoxy groups -OCH3 is 1. The summed E-state index contributed by atoms with van der Waals surface area (Å²) < 4.78 is 5.15. The number of pyridine rings is 1. The Kier molecular flexibility index (Phi) is 5.95. The monoisotopic (exact) mass is 425 g/mol. The van der Waals surface area contributed by atoms with Crippen molar-refractivity contribution in [2.24, 2.45) is 0 Å². The largest absolute Gasteiger partial charge is 0.507 e. The van der Waals surface area contributed by atoms with Gasteiger partial charge in [0.25, 0.3) is 5.91 Å². The molecule has 3 aromatic rings. The fourth-order valence-corrected chi connectivity index (χ4v) is 4.10. The Balaban J connectivity index is 1.36. The molecule has 1 heterocycles. The van der Waals surface area contributed by atoms with Crippen LogP contribution in [0.15, 0.2) is 48.7 Å². The number of halogens is 1. The number of carbonyl (C=O) groups excluding carboxylic acids is 1. The predicted molar refractivity (Wildman–Crippen MR) is 119 cm³/mol. The number of phenolic OH excluding ortho intramolecular Hbond substituents is 1. The number of amides is 1. The normalized spacial score (nSPS) is 18.7. The Morgan fingerprint density at radius 3 is 2.63 bits per heavy atom. The van der Waals surface area contributed by atoms with Crippen LogP contribution >= 0.6 is 11.6 Å². The van der Waals surface area contributed by atoms with E-state index in [4.69, 9.17) is 16.3 Å². The fourth-order valence-electron chi connectivity index (χ4n) is 3.94. The van der Waals surface area contributed by atoms with Crippen LogP contribution in [0, 0.1) is 0 Å². The number of hydrogen-bond acceptors (Lipinski definition) is 5. The molecule has 1 aliphatic carbocycles. The first kappa shape index (κ1) is 20.3. The van der Waals surface area contributed by atoms with E-state index in [2.05, 4.69) is 15.6 Å². The van der Waals surface area contributed by atoms with Gasteiger partial charge in [-0.3, -0.25) is 9.78 Å². The van der Waals surface area contributed by atoms with Gasteiger partial charge in [-0.2, -0.15) is 0 Å². The summed E-state index contributed by atoms with van der Waals surface area (Å²) in [4.78, 5) is 17.0. The zero-order valence-corrected chi connectivity index (χ0v) is 17.4. The number of aromatic nitrogens is 1. The first-order valence-electron chi connectivity index (χ1n) is 10.0. The summed E-state index contributed by atoms with van der Waals surface area (Å²) in [5, 5.41) is 18.4. The van der Waals surface area contributed by atoms with E-state index in [1.807, 2.05) is 24.3 Å². The van der Waals surface area contributed by atoms with Crippen LogP contribution in [0.25, 0.3) is 10.9 Å². The average molecular weight is 426 g/mol. The maximum absolute atomic E-state index is 12.6. The van der Waals surface area contributed by atoms with Gasteiger partial charge in [0.1, 0.15) is 11.5 Å². The number of anilines is 1. The average Bonchev–Trinajstić information content (AvgIpc) is 2.75. The number of ether oxygens (including phenoxy) is 1. The van der Waals surface area contributed by atoms with Crippen LogP contribution in [0.2, 0.25) is 5.02 Å². The highest BCUT2D eigenvalue weighted by Crippen LogP contribution is 2.29. The fraction of sp³-hybridized carbons (Fsp3) is 0.304. The van der Waals surface area contributed by atoms with E-state index in [1.165, 1.54) is 13.2 Å². The summed E-state index contributed by atoms with van der Waals surface area (Å²) in [6.07, 6.45) is 5.39. The van der Waals surface area contributed by atoms with E-state index in [0.717, 1.165) is 42.3 Å². The molecule has 156 valence electrons. The number of hydrogen-bond donors (Lipinski definition) is 3. The van der Waals surface area contributed by atoms with Crippen LogP contribution in [0.4, 0.5) is 5.69 Å². The first-order chi connectivity index (χ1) is 14.5. The number of benzene rings is 2. The Bertz CT molecular complexity index is 1060. The second-order valence-electron chi connectivity index (χ2n) is 7.57. The topological polar surface area (TPSA) is 83.5 Å². The van der Waals surface area contributed by atoms with Gasteiger partial charge in [0.15, 0.2) is 0 Å². The van der Waals surface area contributed by atoms with Gasteiger partial charge in [-0.05, 0) is 68.1 Å². The van der Waals surface area contributed by atoms with Crippen LogP contribution in [-0.2, 0) is 0 Å². The first-order valence-corrected chi connectivity index (χ1v) is 10.4. The smallest absolute Gasteiger partial charge is 0.255 e. The quantitative estimate of drug-likeness (QED) is 0.549. The lowest BCUT2D eigenvalue weighted by molar-refractivity contribution is 0.0923. The minimum Gasteiger partial charge on any atom is -0.507 e. The van der Waals surface area contributed by atoms with Gasteiger partial charge < -0.3 is 20.5 Å². The number of aromatic hydroxyl groups is 1. The Morgan fingerprint density at radius 2 is 1.87 bits per heavy atom. The zero-order chi connectivity index (χ0) is 21.1. The summed E-state index contributed by atoms with van der Waals surface area (Å²) in [6.45, 7) is 0. The molecule has 4 rings (SSSR count). The molecule has 0 radical (unpaired) electrons. The van der Waals surface area contributed by atoms with Gasteiger partial charge in [0.2, 0.25) is 0 Å². The molecule has 2 aromatic carbocycles. The molecule has 1 saturated carbocycles. The second-order valence-corrected chi connectivity index (χ2v) is 8.01. The van der Waals surface area contributed by atoms with Gasteiger partial charge in [-0.25, -0.2) is 0 Å². The predicted octanol–water partition coefficient (Wildman–Crippen LogP) is 4.76. The maximum Gasteiger partial charge on any atom is 0.255 e. The molecular formula is C23H24ClN3O3. The maximum atomic E-state index is 12.6. The van der Waals surface area contributed by atoms with Crippen LogP contribution in [0.3, 0.4) is 0 Å². The van der Waals surface area contributed by atoms with Crippen LogP contribution in [0.1, 0.15) is 36.0 Å². The summed E-state index contributed by atoms with van der Waals surface area (Å²) in [5.41, 5.74) is 2.15. The standard InChI is InChI=1S/C23H24ClN3O3/c1-30-17-7-9-22(28)19(13-17)23(29)27-16-5-3-15(4-6-16)26-20-10-11-25-21-12-14(24)2-8-18(20)21/h2,7-13,15-16,28H,3-6H2,1H3,(H,25,26)(H,27,29). The van der Waals surface area contributed by atoms with Crippen molar-refractivity contribution in [1.82, 2.24) is 10.3 Å². The highest BCUT2D eigenvalue weighted by molar-refractivity contribution is 6.31. The van der Waals surface area contributed by atoms with Crippen molar-refractivity contribution in [1.29, 1.82) is 0 Å². The van der Waals surface area contributed by atoms with Gasteiger partial charge >= 0.3 is 0 Å². The Hall–Kier alpha value is -2.99. The van der Waals surface area contributed by atoms with Crippen molar-refractivity contribution in [2.45, 2.75) is 37.8 Å². The molecule has 0 spiro atoms. The van der Waals surface area contributed by atoms with Crippen molar-refractivity contribution < 1.29 is 14.6 Å². The third kappa shape index (κ3) is 4.44. The number of fused-ring (bicyclic) bond motifs is 1. The molecule has 7 heteroatoms. The van der Waals surface area contributed by atoms with E-state index in [0.29, 0.717) is 16.8 Å². The van der Waals surface area contributed by atoms with Gasteiger partial charge in [-0.15, -0.1) is 0 Å². The molecule has 1 aliphatic rings. The molecule has 0 atom stereocenters. The van der Waals surface area contributed by atoms with E-state index < -0.39 is 0 Å². The van der Waals surface area contributed by atoms with Crippen molar-refractivity contribution >= 4 is 34.1 Å². The molecular weight excluding hydrogens is 402 g/mol. The van der Waals surface area contributed by atoms with Crippen molar-refractivity contribution in [3.63, 3.8) is 0 Å². The molecule has 0 unspecified atom stereocenters. The number of phenols is 1. The molecule has 0 bridgehead atoms. The minimum atomic E-state index is -0.278. The van der Waals surface area contributed by atoms with E-state index in [-0.39, 0.29) is 23.3 Å². The number of nitrogens with zero attached hydrogens (tertiary/aromatic N) is 1. The Labute approximate surface area is 180 Å². The summed E-state index contributed by atoms with van der Waals surface area (Å²) in [7, 11) is 1.53. The van der Waals surface area contributed by atoms with Gasteiger partial charge in [-0.1, -0.05) is 11.6 Å². The van der Waals surface area contributed by atoms with Crippen molar-refractivity contribution in [3.8, 4) is 11.5 Å². The van der Waals surface area contributed by atoms with Gasteiger partial charge in [0, 0.05) is 34.4 Å². The molecule has 3 N–H and O–H groups in total. The van der Waals surface area contributed by atoms with Crippen LogP contribution < -0.4 is 15.4 Å². The van der Waals surface area contributed by atoms with E-state index >= 15 is 0 Å². The third-order valence-electron chi connectivity index (χ3n) is 5.58. The van der Waals surface area contributed by atoms with Crippen LogP contribution in [0.5, 0.6) is 11.5 Å². The number of nitrogens with one attached hydrogen (secondary N) is 2. The lowest BCUT2D eigenvalue weighted by Gasteiger charge is -2.30. The highest BCUT2D eigenvalue weighted by atomic mass is 35.5. The van der Waals surface area contributed by atoms with Gasteiger partial charge in [0.05, 0.1) is 18.2 Å².